The summed E-state index contributed by atoms with van der Waals surface area (Å²) in [6.07, 6.45) is 1.88. The van der Waals surface area contributed by atoms with Gasteiger partial charge in [0.25, 0.3) is 0 Å². The summed E-state index contributed by atoms with van der Waals surface area (Å²) in [6.45, 7) is 25.2. The molecule has 4 nitrogen and oxygen atoms in total. The average molecular weight is 1080 g/mol. The molecule has 3 heterocycles. The first-order valence-corrected chi connectivity index (χ1v) is 22.9. The summed E-state index contributed by atoms with van der Waals surface area (Å²) in [5, 5.41) is 2.15. The second-order valence-corrected chi connectivity index (χ2v) is 21.2. The second-order valence-electron chi connectivity index (χ2n) is 21.2. The van der Waals surface area contributed by atoms with Crippen LogP contribution in [0.3, 0.4) is 0 Å². The fourth-order valence-electron chi connectivity index (χ4n) is 9.06. The van der Waals surface area contributed by atoms with Crippen molar-refractivity contribution in [1.29, 1.82) is 0 Å². The van der Waals surface area contributed by atoms with E-state index in [9.17, 15) is 5.48 Å². The number of benzene rings is 7. The minimum absolute atomic E-state index is 0. The number of fused-ring (bicyclic) bond motifs is 4. The number of hydrogen-bond donors (Lipinski definition) is 0. The Balaban J connectivity index is 0.00000740. The molecule has 0 unspecified atom stereocenters. The van der Waals surface area contributed by atoms with Gasteiger partial charge in [0, 0.05) is 61.0 Å². The molecular formula is C63H61N4Pt-3. The van der Waals surface area contributed by atoms with Gasteiger partial charge in [-0.25, -0.2) is 4.98 Å². The molecule has 7 aromatic carbocycles. The zero-order chi connectivity index (χ0) is 55.7. The van der Waals surface area contributed by atoms with Crippen molar-refractivity contribution in [2.24, 2.45) is 0 Å². The number of pyridine rings is 1. The third-order valence-corrected chi connectivity index (χ3v) is 13.1. The summed E-state index contributed by atoms with van der Waals surface area (Å²) in [4.78, 5) is 8.78. The fraction of sp³-hybridized carbons (Fsp3) is 0.238. The minimum atomic E-state index is -0.684. The summed E-state index contributed by atoms with van der Waals surface area (Å²) in [7, 11) is 0. The molecule has 0 amide bonds. The molecule has 10 rings (SSSR count). The molecule has 9 aromatic rings. The van der Waals surface area contributed by atoms with Gasteiger partial charge in [0.15, 0.2) is 0 Å². The third-order valence-electron chi connectivity index (χ3n) is 13.1. The van der Waals surface area contributed by atoms with Crippen molar-refractivity contribution >= 4 is 44.6 Å². The quantitative estimate of drug-likeness (QED) is 0.149. The smallest absolute Gasteiger partial charge is 0.135 e. The van der Waals surface area contributed by atoms with Gasteiger partial charge in [-0.2, -0.15) is 47.0 Å². The SMILES string of the molecule is [2H]c1c([2H])c([2H])c(-c2cc(C(C)(C)C)cc(-c3c([2H])c([2H])c([2H])c([2H])c3[2H])c2N2[CH-]N(c3[c-]c(C(C)(C)c4[c-]c5c(cc4)c4ccccc4n5-c4cc(C(C)(C)C)ccn4)cc(C(C)(C)C)c3)c3ccccc32)c([2H])c1[2H].[Pt]. The van der Waals surface area contributed by atoms with E-state index in [0.29, 0.717) is 16.9 Å². The Morgan fingerprint density at radius 3 is 1.69 bits per heavy atom. The molecule has 0 aliphatic carbocycles. The Bertz CT molecular complexity index is 3770. The summed E-state index contributed by atoms with van der Waals surface area (Å²) < 4.78 is 92.1. The molecule has 1 aliphatic heterocycles. The van der Waals surface area contributed by atoms with Crippen LogP contribution in [0.1, 0.15) is 118 Å². The molecule has 0 saturated heterocycles. The van der Waals surface area contributed by atoms with Crippen LogP contribution in [0.5, 0.6) is 0 Å². The first-order valence-electron chi connectivity index (χ1n) is 27.9. The Morgan fingerprint density at radius 1 is 0.529 bits per heavy atom. The van der Waals surface area contributed by atoms with Gasteiger partial charge in [0.2, 0.25) is 0 Å². The number of para-hydroxylation sites is 3. The molecule has 0 fully saturated rings. The van der Waals surface area contributed by atoms with Crippen LogP contribution >= 0.6 is 0 Å². The van der Waals surface area contributed by atoms with Gasteiger partial charge in [-0.05, 0) is 91.8 Å². The molecule has 346 valence electrons. The molecule has 0 atom stereocenters. The fourth-order valence-corrected chi connectivity index (χ4v) is 9.06. The van der Waals surface area contributed by atoms with Gasteiger partial charge in [0.1, 0.15) is 5.82 Å². The van der Waals surface area contributed by atoms with E-state index in [4.69, 9.17) is 13.2 Å². The molecule has 0 saturated carbocycles. The summed E-state index contributed by atoms with van der Waals surface area (Å²) >= 11 is 0. The van der Waals surface area contributed by atoms with E-state index in [2.05, 4.69) is 127 Å². The van der Waals surface area contributed by atoms with Crippen LogP contribution in [0.2, 0.25) is 0 Å². The predicted molar refractivity (Wildman–Crippen MR) is 283 cm³/mol. The molecule has 0 radical (unpaired) electrons. The topological polar surface area (TPSA) is 24.3 Å². The van der Waals surface area contributed by atoms with Crippen molar-refractivity contribution in [1.82, 2.24) is 9.55 Å². The van der Waals surface area contributed by atoms with Gasteiger partial charge in [0.05, 0.1) is 13.7 Å². The van der Waals surface area contributed by atoms with Gasteiger partial charge in [-0.3, -0.25) is 0 Å². The number of rotatable bonds is 7. The van der Waals surface area contributed by atoms with E-state index < -0.39 is 71.3 Å². The van der Waals surface area contributed by atoms with Gasteiger partial charge in [-0.15, -0.1) is 23.8 Å². The monoisotopic (exact) mass is 1080 g/mol. The normalized spacial score (nSPS) is 15.3. The van der Waals surface area contributed by atoms with Crippen LogP contribution in [0, 0.1) is 18.8 Å². The van der Waals surface area contributed by atoms with Gasteiger partial charge in [-0.1, -0.05) is 172 Å². The van der Waals surface area contributed by atoms with E-state index >= 15 is 0 Å². The predicted octanol–water partition coefficient (Wildman–Crippen LogP) is 16.7. The van der Waals surface area contributed by atoms with Crippen LogP contribution in [0.15, 0.2) is 164 Å². The Labute approximate surface area is 433 Å². The molecule has 68 heavy (non-hydrogen) atoms. The van der Waals surface area contributed by atoms with Crippen molar-refractivity contribution in [2.45, 2.75) is 97.8 Å². The van der Waals surface area contributed by atoms with Crippen LogP contribution in [0.4, 0.5) is 22.7 Å². The first-order chi connectivity index (χ1) is 36.0. The minimum Gasteiger partial charge on any atom is -0.493 e. The number of aromatic nitrogens is 2. The summed E-state index contributed by atoms with van der Waals surface area (Å²) in [5.74, 6) is 0.809. The van der Waals surface area contributed by atoms with Gasteiger partial charge < -0.3 is 14.4 Å². The van der Waals surface area contributed by atoms with Gasteiger partial charge >= 0.3 is 0 Å². The second kappa shape index (κ2) is 17.4. The molecule has 0 spiro atoms. The van der Waals surface area contributed by atoms with Crippen molar-refractivity contribution in [3.8, 4) is 28.1 Å². The molecule has 1 aliphatic rings. The van der Waals surface area contributed by atoms with Crippen molar-refractivity contribution in [2.75, 3.05) is 9.80 Å². The van der Waals surface area contributed by atoms with Crippen molar-refractivity contribution in [3.05, 3.63) is 210 Å². The van der Waals surface area contributed by atoms with Crippen LogP contribution in [-0.4, -0.2) is 9.55 Å². The largest absolute Gasteiger partial charge is 0.493 e. The molecule has 0 bridgehead atoms. The van der Waals surface area contributed by atoms with Crippen molar-refractivity contribution in [3.63, 3.8) is 0 Å². The zero-order valence-corrected chi connectivity index (χ0v) is 42.8. The van der Waals surface area contributed by atoms with Crippen LogP contribution in [0.25, 0.3) is 49.9 Å². The maximum Gasteiger partial charge on any atom is 0.135 e. The maximum absolute atomic E-state index is 9.35. The molecule has 0 N–H and O–H groups in total. The zero-order valence-electron chi connectivity index (χ0n) is 50.5. The molecule has 2 aromatic heterocycles. The van der Waals surface area contributed by atoms with E-state index in [0.717, 1.165) is 50.0 Å². The van der Waals surface area contributed by atoms with Crippen molar-refractivity contribution < 1.29 is 34.8 Å². The Morgan fingerprint density at radius 2 is 1.09 bits per heavy atom. The summed E-state index contributed by atoms with van der Waals surface area (Å²) in [6, 6.07) is 35.3. The first kappa shape index (κ1) is 35.9. The Kier molecular flexibility index (Phi) is 9.17. The molecule has 5 heteroatoms. The maximum atomic E-state index is 9.35. The standard InChI is InChI=1S/C63H61N4.Pt/c1-60(2,3)44-32-33-64-58(40-44)67-54-27-19-18-26-50(54)51-31-30-45(39-57(51)67)63(10,11)48-34-46(61(4,5)6)35-49(36-48)65-41-66(56-29-21-20-28-55(56)65)59-52(42-22-14-12-15-23-42)37-47(62(7,8)9)38-53(59)43-24-16-13-17-25-43;/h12-35,37-38,40-41H,1-11H3;/q-3;/i12D,13D,14D,15D,16D,17D,22D,23D,24D,25D;. The number of nitrogens with zero attached hydrogens (tertiary/aromatic N) is 4. The van der Waals surface area contributed by atoms with E-state index in [1.54, 1.807) is 12.1 Å². The Hall–Kier alpha value is -6.22. The summed E-state index contributed by atoms with van der Waals surface area (Å²) in [5.41, 5.74) is 7.43. The van der Waals surface area contributed by atoms with Crippen LogP contribution in [-0.2, 0) is 42.7 Å². The third kappa shape index (κ3) is 8.40. The number of hydrogen-bond acceptors (Lipinski definition) is 3. The molecular weight excluding hydrogens is 1010 g/mol. The van der Waals surface area contributed by atoms with Crippen LogP contribution < -0.4 is 9.80 Å². The van der Waals surface area contributed by atoms with E-state index in [-0.39, 0.29) is 59.8 Å². The number of anilines is 4. The van der Waals surface area contributed by atoms with E-state index in [1.807, 2.05) is 73.8 Å². The van der Waals surface area contributed by atoms with E-state index in [1.165, 1.54) is 5.56 Å². The average Bonchev–Trinajstić information content (AvgIpc) is 4.10.